The van der Waals surface area contributed by atoms with Gasteiger partial charge in [0.1, 0.15) is 11.8 Å². The third kappa shape index (κ3) is 4.74. The first-order chi connectivity index (χ1) is 13.7. The largest absolute Gasteiger partial charge is 0.482 e. The van der Waals surface area contributed by atoms with Crippen LogP contribution in [0, 0.1) is 11.3 Å². The molecule has 3 rings (SSSR count). The smallest absolute Gasteiger partial charge is 0.276 e. The van der Waals surface area contributed by atoms with Crippen LogP contribution in [0.15, 0.2) is 78.9 Å². The standard InChI is InChI=1S/C22H17N3O3/c23-14-19-8-4-5-9-20(19)28-15-21(26)24-25-22(27)18-12-10-17(11-13-18)16-6-2-1-3-7-16/h1-13H,15H2,(H,24,26)(H,25,27). The fourth-order valence-electron chi connectivity index (χ4n) is 2.51. The first-order valence-electron chi connectivity index (χ1n) is 8.54. The SMILES string of the molecule is N#Cc1ccccc1OCC(=O)NNC(=O)c1ccc(-c2ccccc2)cc1. The second kappa shape index (κ2) is 9.01. The van der Waals surface area contributed by atoms with Crippen LogP contribution in [0.1, 0.15) is 15.9 Å². The van der Waals surface area contributed by atoms with Crippen molar-refractivity contribution >= 4 is 11.8 Å². The van der Waals surface area contributed by atoms with Crippen LogP contribution in [-0.2, 0) is 4.79 Å². The molecule has 2 N–H and O–H groups in total. The Morgan fingerprint density at radius 3 is 2.18 bits per heavy atom. The molecule has 28 heavy (non-hydrogen) atoms. The Hall–Kier alpha value is -4.11. The van der Waals surface area contributed by atoms with Crippen molar-refractivity contribution in [2.24, 2.45) is 0 Å². The lowest BCUT2D eigenvalue weighted by Crippen LogP contribution is -2.43. The monoisotopic (exact) mass is 371 g/mol. The molecule has 0 bridgehead atoms. The van der Waals surface area contributed by atoms with E-state index in [1.165, 1.54) is 0 Å². The molecule has 0 aromatic heterocycles. The Morgan fingerprint density at radius 1 is 0.821 bits per heavy atom. The first kappa shape index (κ1) is 18.7. The zero-order chi connectivity index (χ0) is 19.8. The molecule has 0 aliphatic heterocycles. The third-order valence-corrected chi connectivity index (χ3v) is 3.94. The fourth-order valence-corrected chi connectivity index (χ4v) is 2.51. The number of ether oxygens (including phenoxy) is 1. The molecule has 6 heteroatoms. The lowest BCUT2D eigenvalue weighted by atomic mass is 10.0. The Bertz CT molecular complexity index is 1010. The number of para-hydroxylation sites is 1. The van der Waals surface area contributed by atoms with Crippen LogP contribution >= 0.6 is 0 Å². The summed E-state index contributed by atoms with van der Waals surface area (Å²) in [5.41, 5.74) is 7.42. The number of nitriles is 1. The summed E-state index contributed by atoms with van der Waals surface area (Å²) in [4.78, 5) is 24.0. The molecule has 6 nitrogen and oxygen atoms in total. The molecule has 0 atom stereocenters. The summed E-state index contributed by atoms with van der Waals surface area (Å²) in [6.07, 6.45) is 0. The predicted octanol–water partition coefficient (Wildman–Crippen LogP) is 3.07. The van der Waals surface area contributed by atoms with Crippen LogP contribution in [0.4, 0.5) is 0 Å². The van der Waals surface area contributed by atoms with Gasteiger partial charge >= 0.3 is 0 Å². The van der Waals surface area contributed by atoms with Crippen LogP contribution in [0.5, 0.6) is 5.75 Å². The summed E-state index contributed by atoms with van der Waals surface area (Å²) in [7, 11) is 0. The van der Waals surface area contributed by atoms with E-state index in [0.29, 0.717) is 16.9 Å². The minimum Gasteiger partial charge on any atom is -0.482 e. The number of carbonyl (C=O) groups is 2. The van der Waals surface area contributed by atoms with Gasteiger partial charge in [0.25, 0.3) is 11.8 Å². The third-order valence-electron chi connectivity index (χ3n) is 3.94. The van der Waals surface area contributed by atoms with Gasteiger partial charge < -0.3 is 4.74 Å². The van der Waals surface area contributed by atoms with Crippen molar-refractivity contribution in [1.82, 2.24) is 10.9 Å². The van der Waals surface area contributed by atoms with Gasteiger partial charge in [-0.05, 0) is 35.4 Å². The normalized spacial score (nSPS) is 9.82. The van der Waals surface area contributed by atoms with Gasteiger partial charge in [-0.2, -0.15) is 5.26 Å². The van der Waals surface area contributed by atoms with Crippen LogP contribution in [0.3, 0.4) is 0 Å². The molecule has 3 aromatic rings. The lowest BCUT2D eigenvalue weighted by Gasteiger charge is -2.10. The van der Waals surface area contributed by atoms with E-state index in [-0.39, 0.29) is 6.61 Å². The average Bonchev–Trinajstić information content (AvgIpc) is 2.77. The molecule has 0 spiro atoms. The van der Waals surface area contributed by atoms with Crippen molar-refractivity contribution in [2.45, 2.75) is 0 Å². The quantitative estimate of drug-likeness (QED) is 0.675. The first-order valence-corrected chi connectivity index (χ1v) is 8.54. The fraction of sp³-hybridized carbons (Fsp3) is 0.0455. The number of rotatable bonds is 5. The molecule has 2 amide bonds. The molecule has 138 valence electrons. The Kier molecular flexibility index (Phi) is 6.01. The van der Waals surface area contributed by atoms with Gasteiger partial charge in [0.2, 0.25) is 0 Å². The molecule has 0 heterocycles. The highest BCUT2D eigenvalue weighted by Crippen LogP contribution is 2.19. The van der Waals surface area contributed by atoms with Crippen LogP contribution in [0.2, 0.25) is 0 Å². The van der Waals surface area contributed by atoms with Crippen molar-refractivity contribution < 1.29 is 14.3 Å². The van der Waals surface area contributed by atoms with Crippen molar-refractivity contribution in [3.8, 4) is 22.9 Å². The number of hydrazine groups is 1. The van der Waals surface area contributed by atoms with Gasteiger partial charge in [0, 0.05) is 5.56 Å². The summed E-state index contributed by atoms with van der Waals surface area (Å²) in [6.45, 7) is -0.327. The maximum Gasteiger partial charge on any atom is 0.276 e. The number of benzene rings is 3. The van der Waals surface area contributed by atoms with Gasteiger partial charge in [-0.3, -0.25) is 20.4 Å². The van der Waals surface area contributed by atoms with Gasteiger partial charge in [0.05, 0.1) is 5.56 Å². The van der Waals surface area contributed by atoms with E-state index < -0.39 is 11.8 Å². The highest BCUT2D eigenvalue weighted by molar-refractivity contribution is 5.95. The number of hydrogen-bond donors (Lipinski definition) is 2. The number of hydrogen-bond acceptors (Lipinski definition) is 4. The summed E-state index contributed by atoms with van der Waals surface area (Å²) >= 11 is 0. The number of nitrogens with zero attached hydrogens (tertiary/aromatic N) is 1. The second-order valence-corrected chi connectivity index (χ2v) is 5.84. The number of nitrogens with one attached hydrogen (secondary N) is 2. The summed E-state index contributed by atoms with van der Waals surface area (Å²) in [6, 6.07) is 25.4. The van der Waals surface area contributed by atoms with Crippen LogP contribution in [-0.4, -0.2) is 18.4 Å². The van der Waals surface area contributed by atoms with Gasteiger partial charge in [-0.1, -0.05) is 54.6 Å². The molecule has 0 saturated carbocycles. The lowest BCUT2D eigenvalue weighted by molar-refractivity contribution is -0.123. The minimum atomic E-state index is -0.540. The van der Waals surface area contributed by atoms with E-state index in [2.05, 4.69) is 10.9 Å². The van der Waals surface area contributed by atoms with E-state index in [1.54, 1.807) is 36.4 Å². The second-order valence-electron chi connectivity index (χ2n) is 5.84. The Labute approximate surface area is 162 Å². The maximum absolute atomic E-state index is 12.2. The molecule has 0 radical (unpaired) electrons. The van der Waals surface area contributed by atoms with Crippen molar-refractivity contribution in [3.05, 3.63) is 90.0 Å². The zero-order valence-corrected chi connectivity index (χ0v) is 14.9. The van der Waals surface area contributed by atoms with Crippen LogP contribution < -0.4 is 15.6 Å². The summed E-state index contributed by atoms with van der Waals surface area (Å²) in [5, 5.41) is 8.99. The minimum absolute atomic E-state index is 0.308. The Morgan fingerprint density at radius 2 is 1.46 bits per heavy atom. The number of carbonyl (C=O) groups excluding carboxylic acids is 2. The Balaban J connectivity index is 1.51. The van der Waals surface area contributed by atoms with Crippen molar-refractivity contribution in [3.63, 3.8) is 0 Å². The zero-order valence-electron chi connectivity index (χ0n) is 14.9. The molecular weight excluding hydrogens is 354 g/mol. The molecule has 0 saturated heterocycles. The molecule has 0 aliphatic carbocycles. The van der Waals surface area contributed by atoms with E-state index in [1.807, 2.05) is 48.5 Å². The summed E-state index contributed by atoms with van der Waals surface area (Å²) in [5.74, 6) is -0.671. The van der Waals surface area contributed by atoms with Crippen molar-refractivity contribution in [2.75, 3.05) is 6.61 Å². The molecular formula is C22H17N3O3. The highest BCUT2D eigenvalue weighted by Gasteiger charge is 2.09. The van der Waals surface area contributed by atoms with E-state index in [4.69, 9.17) is 10.00 Å². The molecule has 0 fully saturated rings. The maximum atomic E-state index is 12.2. The van der Waals surface area contributed by atoms with E-state index >= 15 is 0 Å². The number of amides is 2. The van der Waals surface area contributed by atoms with Crippen molar-refractivity contribution in [1.29, 1.82) is 5.26 Å². The molecule has 3 aromatic carbocycles. The van der Waals surface area contributed by atoms with E-state index in [9.17, 15) is 9.59 Å². The molecule has 0 unspecified atom stereocenters. The van der Waals surface area contributed by atoms with E-state index in [0.717, 1.165) is 11.1 Å². The highest BCUT2D eigenvalue weighted by atomic mass is 16.5. The molecule has 0 aliphatic rings. The topological polar surface area (TPSA) is 91.2 Å². The summed E-state index contributed by atoms with van der Waals surface area (Å²) < 4.78 is 5.31. The van der Waals surface area contributed by atoms with Gasteiger partial charge in [-0.15, -0.1) is 0 Å². The predicted molar refractivity (Wildman–Crippen MR) is 104 cm³/mol. The average molecular weight is 371 g/mol. The van der Waals surface area contributed by atoms with Gasteiger partial charge in [-0.25, -0.2) is 0 Å². The van der Waals surface area contributed by atoms with Crippen LogP contribution in [0.25, 0.3) is 11.1 Å². The van der Waals surface area contributed by atoms with Gasteiger partial charge in [0.15, 0.2) is 6.61 Å².